The molecule has 0 atom stereocenters. The second-order valence-corrected chi connectivity index (χ2v) is 8.53. The van der Waals surface area contributed by atoms with Gasteiger partial charge < -0.3 is 4.74 Å². The molecule has 0 saturated heterocycles. The Morgan fingerprint density at radius 2 is 1.93 bits per heavy atom. The van der Waals surface area contributed by atoms with Crippen molar-refractivity contribution in [2.45, 2.75) is 25.8 Å². The maximum atomic E-state index is 9.19. The quantitative estimate of drug-likeness (QED) is 0.757. The fourth-order valence-electron chi connectivity index (χ4n) is 3.10. The van der Waals surface area contributed by atoms with E-state index >= 15 is 0 Å². The van der Waals surface area contributed by atoms with Gasteiger partial charge in [0.1, 0.15) is 5.75 Å². The van der Waals surface area contributed by atoms with Crippen molar-refractivity contribution in [3.63, 3.8) is 0 Å². The molecule has 2 aromatic carbocycles. The molecule has 0 radical (unpaired) electrons. The first-order valence-electron chi connectivity index (χ1n) is 8.79. The van der Waals surface area contributed by atoms with E-state index in [0.29, 0.717) is 6.26 Å². The van der Waals surface area contributed by atoms with Gasteiger partial charge in [0.25, 0.3) is 10.1 Å². The van der Waals surface area contributed by atoms with Crippen LogP contribution in [0, 0.1) is 0 Å². The molecule has 5 nitrogen and oxygen atoms in total. The molecule has 2 aromatic rings. The van der Waals surface area contributed by atoms with Gasteiger partial charge in [0, 0.05) is 18.1 Å². The van der Waals surface area contributed by atoms with Crippen LogP contribution in [0.3, 0.4) is 0 Å². The third-order valence-corrected chi connectivity index (χ3v) is 4.57. The number of aryl methyl sites for hydroxylation is 1. The molecule has 148 valence electrons. The van der Waals surface area contributed by atoms with Crippen LogP contribution in [0.1, 0.15) is 23.1 Å². The van der Waals surface area contributed by atoms with E-state index < -0.39 is 10.1 Å². The van der Waals surface area contributed by atoms with Crippen LogP contribution in [-0.2, 0) is 29.5 Å². The highest BCUT2D eigenvalue weighted by Crippen LogP contribution is 2.24. The molecular formula is C20H26ClNO4S. The van der Waals surface area contributed by atoms with Gasteiger partial charge >= 0.3 is 0 Å². The maximum absolute atomic E-state index is 9.19. The lowest BCUT2D eigenvalue weighted by atomic mass is 9.99. The number of halogens is 1. The standard InChI is InChI=1S/C19H22ClNO.CH4O3S/c1-22-19-8-7-17-14-21(11-9-16(17)13-19)10-3-5-15-4-2-6-18(20)12-15;1-5(2,3)4/h2,4,6-8,12-13H,3,5,9-11,14H2,1H3;1H3,(H,2,3,4). The summed E-state index contributed by atoms with van der Waals surface area (Å²) >= 11 is 6.03. The van der Waals surface area contributed by atoms with Gasteiger partial charge in [0.05, 0.1) is 13.4 Å². The Morgan fingerprint density at radius 3 is 2.59 bits per heavy atom. The highest BCUT2D eigenvalue weighted by Gasteiger charge is 2.16. The van der Waals surface area contributed by atoms with Gasteiger partial charge in [0.2, 0.25) is 0 Å². The van der Waals surface area contributed by atoms with Crippen molar-refractivity contribution in [3.8, 4) is 5.75 Å². The number of hydrogen-bond acceptors (Lipinski definition) is 4. The first-order valence-corrected chi connectivity index (χ1v) is 11.0. The van der Waals surface area contributed by atoms with E-state index in [1.54, 1.807) is 7.11 Å². The number of ether oxygens (including phenoxy) is 1. The van der Waals surface area contributed by atoms with E-state index in [9.17, 15) is 8.42 Å². The molecule has 1 aliphatic rings. The van der Waals surface area contributed by atoms with Gasteiger partial charge in [0.15, 0.2) is 0 Å². The molecule has 0 unspecified atom stereocenters. The Kier molecular flexibility index (Phi) is 8.10. The molecule has 1 heterocycles. The molecule has 0 aliphatic carbocycles. The topological polar surface area (TPSA) is 66.8 Å². The summed E-state index contributed by atoms with van der Waals surface area (Å²) in [5.74, 6) is 0.966. The number of benzene rings is 2. The maximum Gasteiger partial charge on any atom is 0.261 e. The molecule has 1 N–H and O–H groups in total. The molecule has 1 aliphatic heterocycles. The fourth-order valence-corrected chi connectivity index (χ4v) is 3.32. The van der Waals surface area contributed by atoms with Crippen LogP contribution in [0.5, 0.6) is 5.75 Å². The van der Waals surface area contributed by atoms with E-state index in [-0.39, 0.29) is 0 Å². The second kappa shape index (κ2) is 10.1. The summed E-state index contributed by atoms with van der Waals surface area (Å²) in [5, 5.41) is 0.832. The molecule has 0 aromatic heterocycles. The van der Waals surface area contributed by atoms with Crippen LogP contribution in [0.4, 0.5) is 0 Å². The van der Waals surface area contributed by atoms with E-state index in [0.717, 1.165) is 43.2 Å². The highest BCUT2D eigenvalue weighted by molar-refractivity contribution is 7.85. The lowest BCUT2D eigenvalue weighted by Crippen LogP contribution is -2.31. The molecule has 0 bridgehead atoms. The SMILES string of the molecule is COc1ccc2c(c1)CCN(CCCc1cccc(Cl)c1)C2.CS(=O)(=O)O. The zero-order valence-corrected chi connectivity index (χ0v) is 17.3. The number of fused-ring (bicyclic) bond motifs is 1. The summed E-state index contributed by atoms with van der Waals surface area (Å²) in [5.41, 5.74) is 4.20. The van der Waals surface area contributed by atoms with Crippen molar-refractivity contribution in [2.24, 2.45) is 0 Å². The smallest absolute Gasteiger partial charge is 0.261 e. The Morgan fingerprint density at radius 1 is 1.19 bits per heavy atom. The number of methoxy groups -OCH3 is 1. The van der Waals surface area contributed by atoms with Crippen LogP contribution >= 0.6 is 11.6 Å². The van der Waals surface area contributed by atoms with Gasteiger partial charge in [-0.2, -0.15) is 8.42 Å². The van der Waals surface area contributed by atoms with Gasteiger partial charge in [-0.15, -0.1) is 0 Å². The molecule has 0 amide bonds. The third kappa shape index (κ3) is 8.30. The predicted molar refractivity (Wildman–Crippen MR) is 109 cm³/mol. The Labute approximate surface area is 166 Å². The number of hydrogen-bond donors (Lipinski definition) is 1. The van der Waals surface area contributed by atoms with Crippen LogP contribution in [0.25, 0.3) is 0 Å². The second-order valence-electron chi connectivity index (χ2n) is 6.63. The summed E-state index contributed by atoms with van der Waals surface area (Å²) in [6.45, 7) is 3.32. The van der Waals surface area contributed by atoms with Crippen molar-refractivity contribution in [2.75, 3.05) is 26.5 Å². The summed E-state index contributed by atoms with van der Waals surface area (Å²) in [6.07, 6.45) is 4.09. The van der Waals surface area contributed by atoms with Crippen LogP contribution in [0.15, 0.2) is 42.5 Å². The minimum atomic E-state index is -3.67. The van der Waals surface area contributed by atoms with Crippen molar-refractivity contribution in [1.82, 2.24) is 4.90 Å². The molecule has 3 rings (SSSR count). The largest absolute Gasteiger partial charge is 0.497 e. The monoisotopic (exact) mass is 411 g/mol. The van der Waals surface area contributed by atoms with E-state index in [4.69, 9.17) is 20.9 Å². The molecular weight excluding hydrogens is 386 g/mol. The first-order chi connectivity index (χ1) is 12.7. The summed E-state index contributed by atoms with van der Waals surface area (Å²) in [7, 11) is -1.94. The van der Waals surface area contributed by atoms with Gasteiger partial charge in [-0.3, -0.25) is 9.45 Å². The van der Waals surface area contributed by atoms with Crippen LogP contribution in [-0.4, -0.2) is 44.3 Å². The van der Waals surface area contributed by atoms with Gasteiger partial charge in [-0.25, -0.2) is 0 Å². The Balaban J connectivity index is 0.000000465. The van der Waals surface area contributed by atoms with Crippen molar-refractivity contribution >= 4 is 21.7 Å². The molecule has 0 fully saturated rings. The van der Waals surface area contributed by atoms with Crippen molar-refractivity contribution in [1.29, 1.82) is 0 Å². The molecule has 0 saturated carbocycles. The average molecular weight is 412 g/mol. The summed E-state index contributed by atoms with van der Waals surface area (Å²) in [4.78, 5) is 2.54. The first kappa shape index (κ1) is 21.7. The van der Waals surface area contributed by atoms with Gasteiger partial charge in [-0.05, 0) is 66.8 Å². The van der Waals surface area contributed by atoms with E-state index in [1.807, 2.05) is 12.1 Å². The Hall–Kier alpha value is -1.60. The lowest BCUT2D eigenvalue weighted by molar-refractivity contribution is 0.251. The van der Waals surface area contributed by atoms with Crippen molar-refractivity contribution in [3.05, 3.63) is 64.2 Å². The van der Waals surface area contributed by atoms with E-state index in [1.165, 1.54) is 23.1 Å². The highest BCUT2D eigenvalue weighted by atomic mass is 35.5. The third-order valence-electron chi connectivity index (χ3n) is 4.33. The van der Waals surface area contributed by atoms with Gasteiger partial charge in [-0.1, -0.05) is 29.8 Å². The number of nitrogens with zero attached hydrogens (tertiary/aromatic N) is 1. The minimum Gasteiger partial charge on any atom is -0.497 e. The predicted octanol–water partition coefficient (Wildman–Crippen LogP) is 3.84. The number of rotatable bonds is 5. The molecule has 7 heteroatoms. The zero-order chi connectivity index (χ0) is 19.9. The Bertz CT molecular complexity index is 847. The molecule has 0 spiro atoms. The van der Waals surface area contributed by atoms with Crippen LogP contribution < -0.4 is 4.74 Å². The normalized spacial score (nSPS) is 14.1. The fraction of sp³-hybridized carbons (Fsp3) is 0.400. The average Bonchev–Trinajstić information content (AvgIpc) is 2.60. The van der Waals surface area contributed by atoms with Crippen LogP contribution in [0.2, 0.25) is 5.02 Å². The molecule has 27 heavy (non-hydrogen) atoms. The minimum absolute atomic E-state index is 0.715. The van der Waals surface area contributed by atoms with Crippen molar-refractivity contribution < 1.29 is 17.7 Å². The van der Waals surface area contributed by atoms with E-state index in [2.05, 4.69) is 35.2 Å². The summed E-state index contributed by atoms with van der Waals surface area (Å²) in [6, 6.07) is 14.6. The summed E-state index contributed by atoms with van der Waals surface area (Å²) < 4.78 is 31.2. The lowest BCUT2D eigenvalue weighted by Gasteiger charge is -2.29. The zero-order valence-electron chi connectivity index (χ0n) is 15.7.